The Kier molecular flexibility index (Phi) is 4.76. The highest BCUT2D eigenvalue weighted by Gasteiger charge is 2.48. The van der Waals surface area contributed by atoms with Crippen molar-refractivity contribution in [3.05, 3.63) is 71.9 Å². The molecule has 0 radical (unpaired) electrons. The maximum absolute atomic E-state index is 13.8. The monoisotopic (exact) mass is 406 g/mol. The molecule has 0 aliphatic heterocycles. The second-order valence-corrected chi connectivity index (χ2v) is 8.94. The lowest BCUT2D eigenvalue weighted by atomic mass is 9.54. The molecule has 1 heterocycles. The van der Waals surface area contributed by atoms with Gasteiger partial charge in [-0.05, 0) is 104 Å². The summed E-state index contributed by atoms with van der Waals surface area (Å²) in [5.74, 6) is -0.0578. The molecule has 1 spiro atoms. The van der Waals surface area contributed by atoms with Crippen molar-refractivity contribution in [3.63, 3.8) is 0 Å². The highest BCUT2D eigenvalue weighted by molar-refractivity contribution is 5.93. The summed E-state index contributed by atoms with van der Waals surface area (Å²) < 4.78 is 26.8. The first-order valence-electron chi connectivity index (χ1n) is 10.6. The maximum atomic E-state index is 13.8. The molecule has 1 amide bonds. The first-order valence-corrected chi connectivity index (χ1v) is 10.6. The van der Waals surface area contributed by atoms with Crippen molar-refractivity contribution in [3.8, 4) is 0 Å². The van der Waals surface area contributed by atoms with Gasteiger partial charge in [-0.25, -0.2) is 8.78 Å². The maximum Gasteiger partial charge on any atom is 0.227 e. The lowest BCUT2D eigenvalue weighted by Crippen LogP contribution is -2.45. The summed E-state index contributed by atoms with van der Waals surface area (Å²) in [6.07, 6.45) is 7.95. The van der Waals surface area contributed by atoms with Crippen LogP contribution in [0.25, 0.3) is 10.9 Å². The Bertz CT molecular complexity index is 1080. The zero-order valence-corrected chi connectivity index (χ0v) is 16.7. The number of amides is 1. The lowest BCUT2D eigenvalue weighted by Gasteiger charge is -2.51. The predicted octanol–water partition coefficient (Wildman–Crippen LogP) is 6.21. The quantitative estimate of drug-likeness (QED) is 0.562. The number of carbonyl (C=O) groups is 1. The summed E-state index contributed by atoms with van der Waals surface area (Å²) in [6.45, 7) is 0. The fraction of sp³-hybridized carbons (Fsp3) is 0.360. The largest absolute Gasteiger partial charge is 0.326 e. The summed E-state index contributed by atoms with van der Waals surface area (Å²) in [6, 6.07) is 12.7. The van der Waals surface area contributed by atoms with E-state index in [0.29, 0.717) is 11.6 Å². The second kappa shape index (κ2) is 7.46. The van der Waals surface area contributed by atoms with Crippen LogP contribution in [0.4, 0.5) is 14.5 Å². The average molecular weight is 406 g/mol. The van der Waals surface area contributed by atoms with E-state index < -0.39 is 0 Å². The Hall–Kier alpha value is -2.82. The molecule has 2 fully saturated rings. The van der Waals surface area contributed by atoms with Crippen molar-refractivity contribution < 1.29 is 13.6 Å². The number of aromatic nitrogens is 1. The van der Waals surface area contributed by atoms with Crippen LogP contribution in [-0.2, 0) is 4.79 Å². The molecule has 5 rings (SSSR count). The molecular formula is C25H24F2N2O. The molecule has 2 aliphatic carbocycles. The smallest absolute Gasteiger partial charge is 0.227 e. The summed E-state index contributed by atoms with van der Waals surface area (Å²) in [4.78, 5) is 16.9. The Labute approximate surface area is 174 Å². The van der Waals surface area contributed by atoms with Crippen LogP contribution >= 0.6 is 0 Å². The van der Waals surface area contributed by atoms with E-state index >= 15 is 0 Å². The summed E-state index contributed by atoms with van der Waals surface area (Å²) >= 11 is 0. The van der Waals surface area contributed by atoms with Gasteiger partial charge in [0, 0.05) is 23.2 Å². The molecule has 1 N–H and O–H groups in total. The van der Waals surface area contributed by atoms with Crippen LogP contribution in [0.1, 0.15) is 50.0 Å². The fourth-order valence-electron chi connectivity index (χ4n) is 5.39. The van der Waals surface area contributed by atoms with Gasteiger partial charge in [0.2, 0.25) is 5.91 Å². The molecule has 3 aromatic rings. The van der Waals surface area contributed by atoms with Crippen LogP contribution in [0.5, 0.6) is 0 Å². The van der Waals surface area contributed by atoms with Crippen LogP contribution in [0.2, 0.25) is 0 Å². The molecule has 30 heavy (non-hydrogen) atoms. The third-order valence-corrected chi connectivity index (χ3v) is 7.06. The minimum absolute atomic E-state index is 0.0301. The van der Waals surface area contributed by atoms with Crippen molar-refractivity contribution in [2.75, 3.05) is 5.32 Å². The van der Waals surface area contributed by atoms with Crippen molar-refractivity contribution >= 4 is 22.5 Å². The van der Waals surface area contributed by atoms with E-state index in [1.165, 1.54) is 23.8 Å². The first-order chi connectivity index (χ1) is 14.5. The van der Waals surface area contributed by atoms with Gasteiger partial charge in [-0.1, -0.05) is 0 Å². The number of benzene rings is 2. The van der Waals surface area contributed by atoms with Gasteiger partial charge < -0.3 is 5.32 Å². The number of pyridine rings is 1. The van der Waals surface area contributed by atoms with Crippen LogP contribution in [0.3, 0.4) is 0 Å². The van der Waals surface area contributed by atoms with Crippen molar-refractivity contribution in [2.45, 2.75) is 44.4 Å². The van der Waals surface area contributed by atoms with Crippen LogP contribution < -0.4 is 5.32 Å². The molecule has 0 atom stereocenters. The Morgan fingerprint density at radius 1 is 0.967 bits per heavy atom. The molecule has 2 aromatic carbocycles. The number of hydrogen-bond donors (Lipinski definition) is 1. The second-order valence-electron chi connectivity index (χ2n) is 8.94. The van der Waals surface area contributed by atoms with Crippen molar-refractivity contribution in [2.24, 2.45) is 11.3 Å². The number of carbonyl (C=O) groups excluding carboxylic acids is 1. The molecule has 5 heteroatoms. The predicted molar refractivity (Wildman–Crippen MR) is 113 cm³/mol. The first kappa shape index (κ1) is 19.2. The third kappa shape index (κ3) is 3.57. The normalized spacial score (nSPS) is 25.8. The van der Waals surface area contributed by atoms with Gasteiger partial charge in [0.15, 0.2) is 0 Å². The lowest BCUT2D eigenvalue weighted by molar-refractivity contribution is -0.128. The van der Waals surface area contributed by atoms with Gasteiger partial charge in [0.1, 0.15) is 11.6 Å². The van der Waals surface area contributed by atoms with E-state index in [1.54, 1.807) is 24.3 Å². The van der Waals surface area contributed by atoms with E-state index in [2.05, 4.69) is 10.3 Å². The van der Waals surface area contributed by atoms with Gasteiger partial charge in [-0.3, -0.25) is 9.78 Å². The van der Waals surface area contributed by atoms with Gasteiger partial charge in [-0.15, -0.1) is 0 Å². The van der Waals surface area contributed by atoms with E-state index in [0.717, 1.165) is 49.4 Å². The Morgan fingerprint density at radius 3 is 2.40 bits per heavy atom. The molecule has 0 bridgehead atoms. The van der Waals surface area contributed by atoms with Crippen LogP contribution in [0, 0.1) is 23.0 Å². The number of hydrogen-bond acceptors (Lipinski definition) is 2. The standard InChI is InChI=1S/C25H24F2N2O/c26-18-1-4-20(5-2-18)29-24(30)17-14-25(15-17)10-7-16(8-11-25)21-9-12-28-23-6-3-19(27)13-22(21)23/h1-6,9,12-13,16-17H,7-8,10-11,14-15H2,(H,29,30). The zero-order chi connectivity index (χ0) is 20.7. The van der Waals surface area contributed by atoms with E-state index in [-0.39, 0.29) is 28.9 Å². The SMILES string of the molecule is O=C(Nc1ccc(F)cc1)C1CC2(CCC(c3ccnc4ccc(F)cc34)CC2)C1. The van der Waals surface area contributed by atoms with Gasteiger partial charge in [0.25, 0.3) is 0 Å². The number of anilines is 1. The van der Waals surface area contributed by atoms with Crippen LogP contribution in [-0.4, -0.2) is 10.9 Å². The van der Waals surface area contributed by atoms with E-state index in [9.17, 15) is 13.6 Å². The fourth-order valence-corrected chi connectivity index (χ4v) is 5.39. The molecule has 0 unspecified atom stereocenters. The summed E-state index contributed by atoms with van der Waals surface area (Å²) in [5.41, 5.74) is 2.94. The minimum Gasteiger partial charge on any atom is -0.326 e. The number of rotatable bonds is 3. The molecule has 2 saturated carbocycles. The van der Waals surface area contributed by atoms with Gasteiger partial charge in [-0.2, -0.15) is 0 Å². The van der Waals surface area contributed by atoms with Gasteiger partial charge in [0.05, 0.1) is 5.52 Å². The average Bonchev–Trinajstić information content (AvgIpc) is 2.73. The van der Waals surface area contributed by atoms with Crippen molar-refractivity contribution in [1.82, 2.24) is 4.98 Å². The zero-order valence-electron chi connectivity index (χ0n) is 16.7. The third-order valence-electron chi connectivity index (χ3n) is 7.06. The number of halogens is 2. The molecule has 1 aromatic heterocycles. The van der Waals surface area contributed by atoms with Crippen molar-refractivity contribution in [1.29, 1.82) is 0 Å². The molecule has 2 aliphatic rings. The summed E-state index contributed by atoms with van der Waals surface area (Å²) in [5, 5.41) is 3.83. The van der Waals surface area contributed by atoms with E-state index in [4.69, 9.17) is 0 Å². The number of nitrogens with zero attached hydrogens (tertiary/aromatic N) is 1. The Morgan fingerprint density at radius 2 is 1.67 bits per heavy atom. The summed E-state index contributed by atoms with van der Waals surface area (Å²) in [7, 11) is 0. The van der Waals surface area contributed by atoms with Crippen LogP contribution in [0.15, 0.2) is 54.7 Å². The Balaban J connectivity index is 1.21. The van der Waals surface area contributed by atoms with E-state index in [1.807, 2.05) is 12.3 Å². The molecule has 154 valence electrons. The highest BCUT2D eigenvalue weighted by atomic mass is 19.1. The number of nitrogens with one attached hydrogen (secondary N) is 1. The molecule has 3 nitrogen and oxygen atoms in total. The van der Waals surface area contributed by atoms with Gasteiger partial charge >= 0.3 is 0 Å². The minimum atomic E-state index is -0.308. The topological polar surface area (TPSA) is 42.0 Å². The molecule has 0 saturated heterocycles. The highest BCUT2D eigenvalue weighted by Crippen LogP contribution is 2.57. The molecular weight excluding hydrogens is 382 g/mol. The number of fused-ring (bicyclic) bond motifs is 1.